The van der Waals surface area contributed by atoms with Gasteiger partial charge in [-0.1, -0.05) is 11.6 Å². The number of aromatic nitrogens is 5. The van der Waals surface area contributed by atoms with E-state index in [2.05, 4.69) is 25.1 Å². The van der Waals surface area contributed by atoms with E-state index in [1.165, 1.54) is 0 Å². The van der Waals surface area contributed by atoms with Gasteiger partial charge < -0.3 is 4.90 Å². The highest BCUT2D eigenvalue weighted by Crippen LogP contribution is 2.30. The molecule has 0 fully saturated rings. The number of carbonyl (C=O) groups excluding carboxylic acids is 1. The van der Waals surface area contributed by atoms with Crippen LogP contribution in [0.5, 0.6) is 0 Å². The molecule has 0 unspecified atom stereocenters. The van der Waals surface area contributed by atoms with Crippen molar-refractivity contribution in [3.63, 3.8) is 0 Å². The number of halogens is 6. The summed E-state index contributed by atoms with van der Waals surface area (Å²) in [5, 5.41) is 5.04. The van der Waals surface area contributed by atoms with Crippen molar-refractivity contribution >= 4 is 35.1 Å². The van der Waals surface area contributed by atoms with Crippen LogP contribution in [0.25, 0.3) is 0 Å². The zero-order valence-electron chi connectivity index (χ0n) is 15.3. The largest absolute Gasteiger partial charge is 0.433 e. The molecule has 2 heterocycles. The van der Waals surface area contributed by atoms with Gasteiger partial charge in [-0.25, -0.2) is 18.9 Å². The van der Waals surface area contributed by atoms with Gasteiger partial charge in [0.2, 0.25) is 17.8 Å². The zero-order valence-corrected chi connectivity index (χ0v) is 16.1. The van der Waals surface area contributed by atoms with Crippen molar-refractivity contribution in [1.82, 2.24) is 25.1 Å². The minimum Gasteiger partial charge on any atom is -0.311 e. The summed E-state index contributed by atoms with van der Waals surface area (Å²) in [6.45, 7) is -0.760. The van der Waals surface area contributed by atoms with Crippen LogP contribution in [0.15, 0.2) is 29.3 Å². The monoisotopic (exact) mass is 463 g/mol. The van der Waals surface area contributed by atoms with E-state index >= 15 is 0 Å². The van der Waals surface area contributed by atoms with Crippen LogP contribution >= 0.6 is 11.6 Å². The van der Waals surface area contributed by atoms with E-state index in [1.807, 2.05) is 0 Å². The molecule has 1 aromatic carbocycles. The molecular weight excluding hydrogens is 453 g/mol. The maximum atomic E-state index is 14.3. The lowest BCUT2D eigenvalue weighted by molar-refractivity contribution is -0.141. The fraction of sp³-hybridized carbons (Fsp3) is 0.188. The highest BCUT2D eigenvalue weighted by molar-refractivity contribution is 6.31. The number of H-pyrrole nitrogens is 2. The number of aromatic amines is 2. The Bertz CT molecular complexity index is 1170. The number of anilines is 3. The van der Waals surface area contributed by atoms with Crippen molar-refractivity contribution in [1.29, 1.82) is 0 Å². The lowest BCUT2D eigenvalue weighted by Crippen LogP contribution is -2.38. The molecule has 2 aromatic heterocycles. The summed E-state index contributed by atoms with van der Waals surface area (Å²) in [6.07, 6.45) is -3.94. The van der Waals surface area contributed by atoms with E-state index in [0.717, 1.165) is 35.3 Å². The summed E-state index contributed by atoms with van der Waals surface area (Å²) < 4.78 is 66.8. The first-order valence-corrected chi connectivity index (χ1v) is 8.58. The van der Waals surface area contributed by atoms with Crippen LogP contribution in [0.1, 0.15) is 5.69 Å². The smallest absolute Gasteiger partial charge is 0.311 e. The summed E-state index contributed by atoms with van der Waals surface area (Å²) >= 11 is 5.51. The molecule has 0 aliphatic carbocycles. The van der Waals surface area contributed by atoms with Gasteiger partial charge >= 0.3 is 6.18 Å². The van der Waals surface area contributed by atoms with Crippen LogP contribution in [0.3, 0.4) is 0 Å². The van der Waals surface area contributed by atoms with Crippen LogP contribution < -0.4 is 15.4 Å². The number of hydrogen-bond acceptors (Lipinski definition) is 6. The van der Waals surface area contributed by atoms with Gasteiger partial charge in [0.25, 0.3) is 5.56 Å². The summed E-state index contributed by atoms with van der Waals surface area (Å²) in [7, 11) is 1.13. The zero-order chi connectivity index (χ0) is 22.9. The van der Waals surface area contributed by atoms with Crippen molar-refractivity contribution in [2.75, 3.05) is 23.4 Å². The number of nitrogens with zero attached hydrogens (tertiary/aromatic N) is 5. The molecule has 164 valence electrons. The summed E-state index contributed by atoms with van der Waals surface area (Å²) in [6, 6.07) is 2.04. The van der Waals surface area contributed by atoms with Crippen molar-refractivity contribution < 1.29 is 26.7 Å². The average Bonchev–Trinajstić information content (AvgIpc) is 3.23. The highest BCUT2D eigenvalue weighted by Gasteiger charge is 2.34. The topological polar surface area (TPSA) is 111 Å². The maximum Gasteiger partial charge on any atom is 0.433 e. The fourth-order valence-corrected chi connectivity index (χ4v) is 2.61. The van der Waals surface area contributed by atoms with Gasteiger partial charge in [-0.2, -0.15) is 23.3 Å². The third-order valence-electron chi connectivity index (χ3n) is 3.98. The number of rotatable bonds is 5. The quantitative estimate of drug-likeness (QED) is 0.444. The van der Waals surface area contributed by atoms with Crippen molar-refractivity contribution in [3.05, 3.63) is 57.2 Å². The fourth-order valence-electron chi connectivity index (χ4n) is 2.45. The third-order valence-corrected chi connectivity index (χ3v) is 4.32. The molecular formula is C16H11ClF5N7O2. The predicted molar refractivity (Wildman–Crippen MR) is 98.0 cm³/mol. The molecule has 9 nitrogen and oxygen atoms in total. The maximum absolute atomic E-state index is 14.3. The molecule has 0 radical (unpaired) electrons. The average molecular weight is 464 g/mol. The first-order valence-electron chi connectivity index (χ1n) is 8.20. The van der Waals surface area contributed by atoms with E-state index in [1.54, 1.807) is 0 Å². The molecule has 0 aliphatic heterocycles. The molecule has 3 aromatic rings. The Morgan fingerprint density at radius 2 is 1.94 bits per heavy atom. The number of amides is 1. The lowest BCUT2D eigenvalue weighted by Gasteiger charge is -2.24. The van der Waals surface area contributed by atoms with Gasteiger partial charge in [0.1, 0.15) is 23.7 Å². The van der Waals surface area contributed by atoms with E-state index in [9.17, 15) is 31.5 Å². The van der Waals surface area contributed by atoms with Crippen molar-refractivity contribution in [2.24, 2.45) is 0 Å². The van der Waals surface area contributed by atoms with E-state index < -0.39 is 52.5 Å². The molecule has 1 amide bonds. The summed E-state index contributed by atoms with van der Waals surface area (Å²) in [5.41, 5.74) is -3.04. The molecule has 0 atom stereocenters. The summed E-state index contributed by atoms with van der Waals surface area (Å²) in [4.78, 5) is 35.1. The minimum atomic E-state index is -4.94. The molecule has 15 heteroatoms. The number of benzene rings is 1. The van der Waals surface area contributed by atoms with Crippen LogP contribution in [-0.4, -0.2) is 44.6 Å². The molecule has 31 heavy (non-hydrogen) atoms. The normalized spacial score (nSPS) is 11.5. The first kappa shape index (κ1) is 22.1. The molecule has 0 saturated carbocycles. The Balaban J connectivity index is 1.99. The Kier molecular flexibility index (Phi) is 5.92. The SMILES string of the molecule is CN(C(=O)CN(c1ncn[nH]1)c1nc(C(F)(F)F)cc(=O)[nH]1)c1ccc(F)c(Cl)c1F. The number of alkyl halides is 3. The first-order chi connectivity index (χ1) is 14.5. The van der Waals surface area contributed by atoms with Gasteiger partial charge in [-0.15, -0.1) is 0 Å². The van der Waals surface area contributed by atoms with Gasteiger partial charge in [0, 0.05) is 13.1 Å². The van der Waals surface area contributed by atoms with Crippen LogP contribution in [-0.2, 0) is 11.0 Å². The number of likely N-dealkylation sites (N-methyl/N-ethyl adjacent to an activating group) is 1. The van der Waals surface area contributed by atoms with Gasteiger partial charge in [0.15, 0.2) is 11.5 Å². The van der Waals surface area contributed by atoms with Crippen LogP contribution in [0.4, 0.5) is 39.5 Å². The molecule has 0 bridgehead atoms. The molecule has 0 saturated heterocycles. The van der Waals surface area contributed by atoms with Gasteiger partial charge in [-0.3, -0.25) is 19.5 Å². The van der Waals surface area contributed by atoms with E-state index in [4.69, 9.17) is 11.6 Å². The second kappa shape index (κ2) is 8.29. The number of carbonyl (C=O) groups is 1. The molecule has 0 spiro atoms. The minimum absolute atomic E-state index is 0.234. The van der Waals surface area contributed by atoms with Crippen molar-refractivity contribution in [3.8, 4) is 0 Å². The highest BCUT2D eigenvalue weighted by atomic mass is 35.5. The third kappa shape index (κ3) is 4.63. The standard InChI is InChI=1S/C16H11ClF5N7O2/c1-28(8-3-2-7(18)12(17)13(8)19)11(31)5-29(14-23-6-24-27-14)15-25-9(16(20,21)22)4-10(30)26-15/h2-4,6H,5H2,1H3,(H,23,24,27)(H,25,26,30). The predicted octanol–water partition coefficient (Wildman–Crippen LogP) is 2.64. The number of nitrogens with one attached hydrogen (secondary N) is 2. The molecule has 3 rings (SSSR count). The van der Waals surface area contributed by atoms with Crippen molar-refractivity contribution in [2.45, 2.75) is 6.18 Å². The Labute approximate surface area is 174 Å². The molecule has 2 N–H and O–H groups in total. The van der Waals surface area contributed by atoms with Crippen LogP contribution in [0.2, 0.25) is 5.02 Å². The Hall–Kier alpha value is -3.55. The Morgan fingerprint density at radius 1 is 1.23 bits per heavy atom. The van der Waals surface area contributed by atoms with E-state index in [-0.39, 0.29) is 17.7 Å². The second-order valence-electron chi connectivity index (χ2n) is 5.99. The molecule has 0 aliphatic rings. The summed E-state index contributed by atoms with van der Waals surface area (Å²) in [5.74, 6) is -4.05. The van der Waals surface area contributed by atoms with E-state index in [0.29, 0.717) is 0 Å². The van der Waals surface area contributed by atoms with Gasteiger partial charge in [0.05, 0.1) is 5.69 Å². The Morgan fingerprint density at radius 3 is 2.55 bits per heavy atom. The lowest BCUT2D eigenvalue weighted by atomic mass is 10.2. The second-order valence-corrected chi connectivity index (χ2v) is 6.37. The number of hydrogen-bond donors (Lipinski definition) is 2. The van der Waals surface area contributed by atoms with Crippen LogP contribution in [0, 0.1) is 11.6 Å². The van der Waals surface area contributed by atoms with Gasteiger partial charge in [-0.05, 0) is 12.1 Å².